The number of anilines is 1. The molecule has 0 radical (unpaired) electrons. The third kappa shape index (κ3) is 4.10. The van der Waals surface area contributed by atoms with Gasteiger partial charge in [0.25, 0.3) is 5.91 Å². The van der Waals surface area contributed by atoms with Gasteiger partial charge in [0.05, 0.1) is 5.69 Å². The lowest BCUT2D eigenvalue weighted by molar-refractivity contribution is -0.116. The summed E-state index contributed by atoms with van der Waals surface area (Å²) in [4.78, 5) is 26.2. The van der Waals surface area contributed by atoms with E-state index in [0.29, 0.717) is 52.2 Å². The van der Waals surface area contributed by atoms with Crippen molar-refractivity contribution in [3.8, 4) is 0 Å². The number of carbonyl (C=O) groups is 2. The standard InChI is InChI=1S/C23H18Cl2F2N2O2/c1-11-20(23(31)29-17-8-6-13(26)10-16(17)27)21(14-7-5-12(24)9-15(14)25)22-18(28-11)3-2-4-19(22)30/h5-10,21,28H,2-4H2,1H3,(H,29,31)/t21-/m0/s1. The fourth-order valence-electron chi connectivity index (χ4n) is 4.11. The average Bonchev–Trinajstić information content (AvgIpc) is 2.69. The van der Waals surface area contributed by atoms with Gasteiger partial charge in [0.1, 0.15) is 11.6 Å². The van der Waals surface area contributed by atoms with Crippen molar-refractivity contribution in [1.82, 2.24) is 5.32 Å². The molecule has 1 heterocycles. The summed E-state index contributed by atoms with van der Waals surface area (Å²) in [6.07, 6.45) is 1.74. The number of carbonyl (C=O) groups excluding carboxylic acids is 2. The first-order valence-electron chi connectivity index (χ1n) is 9.71. The largest absolute Gasteiger partial charge is 0.362 e. The Hall–Kier alpha value is -2.70. The van der Waals surface area contributed by atoms with Gasteiger partial charge in [0.15, 0.2) is 5.78 Å². The molecule has 4 rings (SSSR count). The molecule has 0 aromatic heterocycles. The number of hydrogen-bond donors (Lipinski definition) is 2. The Bertz CT molecular complexity index is 1170. The molecule has 0 saturated carbocycles. The molecule has 0 spiro atoms. The molecule has 1 aliphatic carbocycles. The lowest BCUT2D eigenvalue weighted by atomic mass is 9.75. The highest BCUT2D eigenvalue weighted by molar-refractivity contribution is 6.35. The third-order valence-corrected chi connectivity index (χ3v) is 6.04. The minimum Gasteiger partial charge on any atom is -0.362 e. The lowest BCUT2D eigenvalue weighted by Crippen LogP contribution is -2.35. The minimum absolute atomic E-state index is 0.0736. The second-order valence-corrected chi connectivity index (χ2v) is 8.35. The molecule has 1 amide bonds. The molecule has 2 aromatic rings. The molecule has 4 nitrogen and oxygen atoms in total. The van der Waals surface area contributed by atoms with Gasteiger partial charge in [-0.15, -0.1) is 0 Å². The smallest absolute Gasteiger partial charge is 0.254 e. The molecule has 31 heavy (non-hydrogen) atoms. The summed E-state index contributed by atoms with van der Waals surface area (Å²) in [7, 11) is 0. The van der Waals surface area contributed by atoms with Crippen molar-refractivity contribution in [3.63, 3.8) is 0 Å². The van der Waals surface area contributed by atoms with Crippen molar-refractivity contribution in [2.75, 3.05) is 5.32 Å². The monoisotopic (exact) mass is 462 g/mol. The maximum atomic E-state index is 14.1. The van der Waals surface area contributed by atoms with E-state index in [9.17, 15) is 18.4 Å². The van der Waals surface area contributed by atoms with Gasteiger partial charge in [0, 0.05) is 51.0 Å². The van der Waals surface area contributed by atoms with Gasteiger partial charge in [-0.05, 0) is 49.6 Å². The highest BCUT2D eigenvalue weighted by Crippen LogP contribution is 2.45. The molecule has 0 unspecified atom stereocenters. The van der Waals surface area contributed by atoms with Crippen LogP contribution in [-0.2, 0) is 9.59 Å². The van der Waals surface area contributed by atoms with Crippen molar-refractivity contribution < 1.29 is 18.4 Å². The fraction of sp³-hybridized carbons (Fsp3) is 0.217. The number of hydrogen-bond acceptors (Lipinski definition) is 3. The van der Waals surface area contributed by atoms with Crippen LogP contribution in [0.4, 0.5) is 14.5 Å². The van der Waals surface area contributed by atoms with E-state index < -0.39 is 23.5 Å². The van der Waals surface area contributed by atoms with Crippen molar-refractivity contribution in [2.24, 2.45) is 0 Å². The Balaban J connectivity index is 1.82. The van der Waals surface area contributed by atoms with Gasteiger partial charge in [0.2, 0.25) is 0 Å². The fourth-order valence-corrected chi connectivity index (χ4v) is 4.63. The number of ketones is 1. The van der Waals surface area contributed by atoms with Crippen molar-refractivity contribution >= 4 is 40.6 Å². The van der Waals surface area contributed by atoms with Crippen LogP contribution >= 0.6 is 23.2 Å². The maximum Gasteiger partial charge on any atom is 0.254 e. The average molecular weight is 463 g/mol. The molecule has 0 fully saturated rings. The summed E-state index contributed by atoms with van der Waals surface area (Å²) >= 11 is 12.5. The van der Waals surface area contributed by atoms with Gasteiger partial charge in [-0.25, -0.2) is 8.78 Å². The first kappa shape index (κ1) is 21.5. The normalized spacial score (nSPS) is 18.6. The van der Waals surface area contributed by atoms with Gasteiger partial charge >= 0.3 is 0 Å². The Morgan fingerprint density at radius 3 is 2.61 bits per heavy atom. The first-order chi connectivity index (χ1) is 14.8. The number of nitrogens with one attached hydrogen (secondary N) is 2. The van der Waals surface area contributed by atoms with Gasteiger partial charge in [-0.2, -0.15) is 0 Å². The van der Waals surface area contributed by atoms with Crippen molar-refractivity contribution in [2.45, 2.75) is 32.1 Å². The molecule has 160 valence electrons. The second-order valence-electron chi connectivity index (χ2n) is 7.51. The van der Waals surface area contributed by atoms with E-state index in [1.54, 1.807) is 25.1 Å². The van der Waals surface area contributed by atoms with Crippen molar-refractivity contribution in [1.29, 1.82) is 0 Å². The van der Waals surface area contributed by atoms with Crippen LogP contribution < -0.4 is 10.6 Å². The predicted octanol–water partition coefficient (Wildman–Crippen LogP) is 5.88. The first-order valence-corrected chi connectivity index (χ1v) is 10.5. The topological polar surface area (TPSA) is 58.2 Å². The van der Waals surface area contributed by atoms with E-state index in [1.165, 1.54) is 0 Å². The van der Waals surface area contributed by atoms with E-state index >= 15 is 0 Å². The number of benzene rings is 2. The summed E-state index contributed by atoms with van der Waals surface area (Å²) in [5.74, 6) is -3.08. The molecule has 2 N–H and O–H groups in total. The van der Waals surface area contributed by atoms with Gasteiger partial charge in [-0.1, -0.05) is 29.3 Å². The zero-order valence-electron chi connectivity index (χ0n) is 16.5. The molecular formula is C23H18Cl2F2N2O2. The van der Waals surface area contributed by atoms with E-state index in [0.717, 1.165) is 17.8 Å². The van der Waals surface area contributed by atoms with Crippen LogP contribution in [0.1, 0.15) is 37.7 Å². The summed E-state index contributed by atoms with van der Waals surface area (Å²) in [5.41, 5.74) is 2.40. The number of dihydropyridines is 1. The Morgan fingerprint density at radius 1 is 1.13 bits per heavy atom. The van der Waals surface area contributed by atoms with E-state index in [4.69, 9.17) is 23.2 Å². The second kappa shape index (κ2) is 8.44. The quantitative estimate of drug-likeness (QED) is 0.598. The zero-order chi connectivity index (χ0) is 22.3. The molecule has 1 aliphatic heterocycles. The van der Waals surface area contributed by atoms with E-state index in [1.807, 2.05) is 0 Å². The Morgan fingerprint density at radius 2 is 1.90 bits per heavy atom. The Labute approximate surface area is 187 Å². The van der Waals surface area contributed by atoms with Crippen LogP contribution in [0.25, 0.3) is 0 Å². The maximum absolute atomic E-state index is 14.1. The van der Waals surface area contributed by atoms with Crippen LogP contribution in [0, 0.1) is 11.6 Å². The molecule has 1 atom stereocenters. The predicted molar refractivity (Wildman–Crippen MR) is 116 cm³/mol. The molecule has 2 aliphatic rings. The summed E-state index contributed by atoms with van der Waals surface area (Å²) in [6.45, 7) is 1.72. The summed E-state index contributed by atoms with van der Waals surface area (Å²) in [5, 5.41) is 6.41. The summed E-state index contributed by atoms with van der Waals surface area (Å²) in [6, 6.07) is 7.77. The number of Topliss-reactive ketones (excluding diaryl/α,β-unsaturated/α-hetero) is 1. The summed E-state index contributed by atoms with van der Waals surface area (Å²) < 4.78 is 27.4. The van der Waals surface area contributed by atoms with Gasteiger partial charge in [-0.3, -0.25) is 9.59 Å². The van der Waals surface area contributed by atoms with Crippen molar-refractivity contribution in [3.05, 3.63) is 86.2 Å². The van der Waals surface area contributed by atoms with Crippen LogP contribution in [0.5, 0.6) is 0 Å². The minimum atomic E-state index is -0.898. The molecule has 0 bridgehead atoms. The van der Waals surface area contributed by atoms with Crippen LogP contribution in [0.15, 0.2) is 58.9 Å². The van der Waals surface area contributed by atoms with E-state index in [2.05, 4.69) is 10.6 Å². The molecular weight excluding hydrogens is 445 g/mol. The molecule has 8 heteroatoms. The highest BCUT2D eigenvalue weighted by Gasteiger charge is 2.39. The number of amides is 1. The molecule has 2 aromatic carbocycles. The number of rotatable bonds is 3. The highest BCUT2D eigenvalue weighted by atomic mass is 35.5. The SMILES string of the molecule is CC1=C(C(=O)Nc2ccc(F)cc2F)[C@H](c2ccc(Cl)cc2Cl)C2=C(CCCC2=O)N1. The van der Waals surface area contributed by atoms with E-state index in [-0.39, 0.29) is 17.0 Å². The third-order valence-electron chi connectivity index (χ3n) is 5.47. The Kier molecular flexibility index (Phi) is 5.86. The van der Waals surface area contributed by atoms with Crippen LogP contribution in [-0.4, -0.2) is 11.7 Å². The lowest BCUT2D eigenvalue weighted by Gasteiger charge is -2.35. The number of halogens is 4. The van der Waals surface area contributed by atoms with Gasteiger partial charge < -0.3 is 10.6 Å². The number of allylic oxidation sites excluding steroid dienone is 3. The zero-order valence-corrected chi connectivity index (χ0v) is 18.0. The molecule has 0 saturated heterocycles. The van der Waals surface area contributed by atoms with Crippen LogP contribution in [0.3, 0.4) is 0 Å². The van der Waals surface area contributed by atoms with Crippen LogP contribution in [0.2, 0.25) is 10.0 Å².